The fourth-order valence-corrected chi connectivity index (χ4v) is 1.88. The number of benzene rings is 1. The summed E-state index contributed by atoms with van der Waals surface area (Å²) >= 11 is 0. The third kappa shape index (κ3) is 5.17. The van der Waals surface area contributed by atoms with Crippen LogP contribution < -0.4 is 16.0 Å². The van der Waals surface area contributed by atoms with Crippen LogP contribution in [0.1, 0.15) is 19.8 Å². The summed E-state index contributed by atoms with van der Waals surface area (Å²) < 4.78 is 0. The number of carbonyl (C=O) groups excluding carboxylic acids is 1. The topological polar surface area (TPSA) is 95.7 Å². The zero-order valence-electron chi connectivity index (χ0n) is 11.6. The average molecular weight is 279 g/mol. The Bertz CT molecular complexity index is 463. The maximum atomic E-state index is 11.5. The summed E-state index contributed by atoms with van der Waals surface area (Å²) in [6, 6.07) is 7.24. The second kappa shape index (κ2) is 8.04. The molecule has 6 nitrogen and oxygen atoms in total. The van der Waals surface area contributed by atoms with Crippen molar-refractivity contribution in [2.24, 2.45) is 0 Å². The summed E-state index contributed by atoms with van der Waals surface area (Å²) in [5.41, 5.74) is 7.24. The lowest BCUT2D eigenvalue weighted by Gasteiger charge is -2.25. The number of anilines is 2. The predicted molar refractivity (Wildman–Crippen MR) is 78.6 cm³/mol. The lowest BCUT2D eigenvalue weighted by molar-refractivity contribution is -0.136. The largest absolute Gasteiger partial charge is 0.481 e. The number of hydrogen-bond acceptors (Lipinski definition) is 4. The van der Waals surface area contributed by atoms with Crippen LogP contribution in [-0.2, 0) is 9.59 Å². The zero-order chi connectivity index (χ0) is 15.0. The van der Waals surface area contributed by atoms with Gasteiger partial charge in [0.05, 0.1) is 17.8 Å². The second-order valence-corrected chi connectivity index (χ2v) is 4.39. The molecule has 20 heavy (non-hydrogen) atoms. The van der Waals surface area contributed by atoms with Crippen molar-refractivity contribution in [2.75, 3.05) is 30.3 Å². The summed E-state index contributed by atoms with van der Waals surface area (Å²) in [5.74, 6) is -0.926. The van der Waals surface area contributed by atoms with Crippen LogP contribution in [0.15, 0.2) is 24.3 Å². The van der Waals surface area contributed by atoms with Crippen molar-refractivity contribution >= 4 is 23.3 Å². The molecule has 0 aliphatic carbocycles. The quantitative estimate of drug-likeness (QED) is 0.619. The van der Waals surface area contributed by atoms with E-state index in [4.69, 9.17) is 10.8 Å². The molecule has 0 saturated heterocycles. The van der Waals surface area contributed by atoms with Crippen LogP contribution in [0.2, 0.25) is 0 Å². The SMILES string of the molecule is CCNC(=O)CCN(CCC(=O)O)c1ccccc1N. The van der Waals surface area contributed by atoms with E-state index in [2.05, 4.69) is 5.32 Å². The minimum atomic E-state index is -0.873. The molecule has 6 heteroatoms. The molecule has 0 fully saturated rings. The van der Waals surface area contributed by atoms with Gasteiger partial charge in [0.25, 0.3) is 0 Å². The molecule has 0 heterocycles. The number of carboxylic acids is 1. The number of hydrogen-bond donors (Lipinski definition) is 3. The van der Waals surface area contributed by atoms with E-state index in [-0.39, 0.29) is 12.3 Å². The van der Waals surface area contributed by atoms with Gasteiger partial charge in [-0.2, -0.15) is 0 Å². The lowest BCUT2D eigenvalue weighted by Crippen LogP contribution is -2.32. The zero-order valence-corrected chi connectivity index (χ0v) is 11.6. The highest BCUT2D eigenvalue weighted by Crippen LogP contribution is 2.22. The van der Waals surface area contributed by atoms with Gasteiger partial charge in [-0.15, -0.1) is 0 Å². The molecule has 110 valence electrons. The van der Waals surface area contributed by atoms with Crippen LogP contribution in [-0.4, -0.2) is 36.6 Å². The highest BCUT2D eigenvalue weighted by atomic mass is 16.4. The van der Waals surface area contributed by atoms with Gasteiger partial charge in [-0.25, -0.2) is 0 Å². The number of para-hydroxylation sites is 2. The van der Waals surface area contributed by atoms with E-state index in [9.17, 15) is 9.59 Å². The second-order valence-electron chi connectivity index (χ2n) is 4.39. The molecule has 0 unspecified atom stereocenters. The van der Waals surface area contributed by atoms with E-state index in [0.29, 0.717) is 31.7 Å². The number of carboxylic acid groups (broad SMARTS) is 1. The first kappa shape index (κ1) is 15.8. The third-order valence-corrected chi connectivity index (χ3v) is 2.86. The molecule has 0 saturated carbocycles. The molecule has 0 radical (unpaired) electrons. The first-order valence-electron chi connectivity index (χ1n) is 6.62. The Hall–Kier alpha value is -2.24. The van der Waals surface area contributed by atoms with E-state index >= 15 is 0 Å². The fourth-order valence-electron chi connectivity index (χ4n) is 1.88. The average Bonchev–Trinajstić information content (AvgIpc) is 2.40. The van der Waals surface area contributed by atoms with Crippen LogP contribution in [0.5, 0.6) is 0 Å². The summed E-state index contributed by atoms with van der Waals surface area (Å²) in [6.07, 6.45) is 0.311. The lowest BCUT2D eigenvalue weighted by atomic mass is 10.2. The van der Waals surface area contributed by atoms with E-state index in [1.807, 2.05) is 30.0 Å². The molecule has 1 aromatic rings. The molecule has 4 N–H and O–H groups in total. The summed E-state index contributed by atoms with van der Waals surface area (Å²) in [4.78, 5) is 24.1. The first-order chi connectivity index (χ1) is 9.54. The maximum absolute atomic E-state index is 11.5. The Balaban J connectivity index is 2.72. The fraction of sp³-hybridized carbons (Fsp3) is 0.429. The molecular weight excluding hydrogens is 258 g/mol. The van der Waals surface area contributed by atoms with Crippen LogP contribution in [0.25, 0.3) is 0 Å². The van der Waals surface area contributed by atoms with Gasteiger partial charge in [-0.05, 0) is 19.1 Å². The van der Waals surface area contributed by atoms with Crippen molar-refractivity contribution in [1.29, 1.82) is 0 Å². The molecule has 0 aliphatic rings. The van der Waals surface area contributed by atoms with E-state index < -0.39 is 5.97 Å². The Morgan fingerprint density at radius 3 is 2.50 bits per heavy atom. The Labute approximate surface area is 118 Å². The standard InChI is InChI=1S/C14H21N3O3/c1-2-16-13(18)7-9-17(10-8-14(19)20)12-6-4-3-5-11(12)15/h3-6H,2,7-10,15H2,1H3,(H,16,18)(H,19,20). The molecule has 0 aromatic heterocycles. The van der Waals surface area contributed by atoms with E-state index in [1.54, 1.807) is 6.07 Å². The summed E-state index contributed by atoms with van der Waals surface area (Å²) in [5, 5.41) is 11.5. The molecule has 1 aromatic carbocycles. The maximum Gasteiger partial charge on any atom is 0.305 e. The van der Waals surface area contributed by atoms with Gasteiger partial charge in [0.1, 0.15) is 0 Å². The highest BCUT2D eigenvalue weighted by Gasteiger charge is 2.12. The van der Waals surface area contributed by atoms with Crippen molar-refractivity contribution in [3.05, 3.63) is 24.3 Å². The van der Waals surface area contributed by atoms with E-state index in [1.165, 1.54) is 0 Å². The molecule has 0 aliphatic heterocycles. The number of nitrogen functional groups attached to an aromatic ring is 1. The van der Waals surface area contributed by atoms with Crippen LogP contribution in [0, 0.1) is 0 Å². The molecule has 0 bridgehead atoms. The Morgan fingerprint density at radius 1 is 1.25 bits per heavy atom. The third-order valence-electron chi connectivity index (χ3n) is 2.86. The summed E-state index contributed by atoms with van der Waals surface area (Å²) in [7, 11) is 0. The van der Waals surface area contributed by atoms with Gasteiger partial charge < -0.3 is 21.1 Å². The van der Waals surface area contributed by atoms with Crippen molar-refractivity contribution in [3.63, 3.8) is 0 Å². The molecule has 0 spiro atoms. The first-order valence-corrected chi connectivity index (χ1v) is 6.62. The molecule has 1 amide bonds. The molecule has 1 rings (SSSR count). The molecular formula is C14H21N3O3. The van der Waals surface area contributed by atoms with Gasteiger partial charge >= 0.3 is 5.97 Å². The van der Waals surface area contributed by atoms with Crippen molar-refractivity contribution in [2.45, 2.75) is 19.8 Å². The number of nitrogens with one attached hydrogen (secondary N) is 1. The van der Waals surface area contributed by atoms with Crippen LogP contribution >= 0.6 is 0 Å². The Morgan fingerprint density at radius 2 is 1.90 bits per heavy atom. The van der Waals surface area contributed by atoms with Crippen molar-refractivity contribution in [3.8, 4) is 0 Å². The van der Waals surface area contributed by atoms with Crippen LogP contribution in [0.3, 0.4) is 0 Å². The number of amides is 1. The molecule has 0 atom stereocenters. The van der Waals surface area contributed by atoms with Gasteiger partial charge in [0.15, 0.2) is 0 Å². The number of aliphatic carboxylic acids is 1. The summed E-state index contributed by atoms with van der Waals surface area (Å²) in [6.45, 7) is 3.20. The predicted octanol–water partition coefficient (Wildman–Crippen LogP) is 1.08. The van der Waals surface area contributed by atoms with E-state index in [0.717, 1.165) is 5.69 Å². The smallest absolute Gasteiger partial charge is 0.305 e. The van der Waals surface area contributed by atoms with Gasteiger partial charge in [-0.3, -0.25) is 9.59 Å². The number of rotatable bonds is 8. The van der Waals surface area contributed by atoms with Gasteiger partial charge in [0, 0.05) is 26.1 Å². The minimum absolute atomic E-state index is 0.00370. The van der Waals surface area contributed by atoms with Crippen LogP contribution in [0.4, 0.5) is 11.4 Å². The van der Waals surface area contributed by atoms with Gasteiger partial charge in [-0.1, -0.05) is 12.1 Å². The minimum Gasteiger partial charge on any atom is -0.481 e. The number of nitrogens with zero attached hydrogens (tertiary/aromatic N) is 1. The van der Waals surface area contributed by atoms with Crippen molar-refractivity contribution < 1.29 is 14.7 Å². The monoisotopic (exact) mass is 279 g/mol. The van der Waals surface area contributed by atoms with Gasteiger partial charge in [0.2, 0.25) is 5.91 Å². The normalized spacial score (nSPS) is 10.1. The van der Waals surface area contributed by atoms with Crippen molar-refractivity contribution in [1.82, 2.24) is 5.32 Å². The number of carbonyl (C=O) groups is 2. The highest BCUT2D eigenvalue weighted by molar-refractivity contribution is 5.77. The number of nitrogens with two attached hydrogens (primary N) is 1. The Kier molecular flexibility index (Phi) is 6.36.